The number of carbonyl (C=O) groups excluding carboxylic acids is 3. The van der Waals surface area contributed by atoms with Crippen LogP contribution in [-0.4, -0.2) is 35.7 Å². The minimum Gasteiger partial charge on any atom is -0.352 e. The van der Waals surface area contributed by atoms with Gasteiger partial charge in [-0.05, 0) is 56.7 Å². The number of benzene rings is 1. The van der Waals surface area contributed by atoms with E-state index in [9.17, 15) is 14.4 Å². The normalized spacial score (nSPS) is 16.5. The van der Waals surface area contributed by atoms with E-state index in [0.717, 1.165) is 32.1 Å². The molecule has 3 rings (SSSR count). The standard InChI is InChI=1S/C21H26N2O3/c1-2-3-13-23-20(25)17-10-9-16(14-18(17)21(23)26)19(24)22-12-11-15-7-5-4-6-8-15/h7,9-10,14H,2-6,8,11-13H2,1H3,(H,22,24). The predicted molar refractivity (Wildman–Crippen MR) is 100 cm³/mol. The number of allylic oxidation sites excluding steroid dienone is 1. The molecule has 3 amide bonds. The Morgan fingerprint density at radius 1 is 1.15 bits per heavy atom. The quantitative estimate of drug-likeness (QED) is 0.600. The van der Waals surface area contributed by atoms with Gasteiger partial charge in [0, 0.05) is 18.7 Å². The Morgan fingerprint density at radius 2 is 1.96 bits per heavy atom. The van der Waals surface area contributed by atoms with Gasteiger partial charge < -0.3 is 5.32 Å². The summed E-state index contributed by atoms with van der Waals surface area (Å²) < 4.78 is 0. The zero-order valence-electron chi connectivity index (χ0n) is 15.3. The lowest BCUT2D eigenvalue weighted by molar-refractivity contribution is 0.0652. The van der Waals surface area contributed by atoms with Gasteiger partial charge in [-0.2, -0.15) is 0 Å². The van der Waals surface area contributed by atoms with Crippen molar-refractivity contribution in [3.8, 4) is 0 Å². The Hall–Kier alpha value is -2.43. The summed E-state index contributed by atoms with van der Waals surface area (Å²) in [6.45, 7) is 3.04. The maximum atomic E-state index is 12.5. The molecule has 0 fully saturated rings. The number of rotatable bonds is 7. The smallest absolute Gasteiger partial charge is 0.261 e. The SMILES string of the molecule is CCCCN1C(=O)c2ccc(C(=O)NCCC3=CCCCC3)cc2C1=O. The fraction of sp³-hybridized carbons (Fsp3) is 0.476. The summed E-state index contributed by atoms with van der Waals surface area (Å²) in [6, 6.07) is 4.78. The molecule has 0 atom stereocenters. The van der Waals surface area contributed by atoms with Gasteiger partial charge in [0.2, 0.25) is 0 Å². The summed E-state index contributed by atoms with van der Waals surface area (Å²) in [5.74, 6) is -0.744. The first-order valence-electron chi connectivity index (χ1n) is 9.58. The van der Waals surface area contributed by atoms with Gasteiger partial charge >= 0.3 is 0 Å². The molecule has 1 aliphatic heterocycles. The summed E-state index contributed by atoms with van der Waals surface area (Å²) in [4.78, 5) is 38.5. The van der Waals surface area contributed by atoms with Gasteiger partial charge in [-0.15, -0.1) is 0 Å². The van der Waals surface area contributed by atoms with Gasteiger partial charge in [0.1, 0.15) is 0 Å². The molecule has 1 heterocycles. The fourth-order valence-corrected chi connectivity index (χ4v) is 3.52. The van der Waals surface area contributed by atoms with E-state index in [1.165, 1.54) is 23.3 Å². The molecule has 0 radical (unpaired) electrons. The molecule has 2 aliphatic rings. The topological polar surface area (TPSA) is 66.5 Å². The van der Waals surface area contributed by atoms with Gasteiger partial charge in [-0.3, -0.25) is 19.3 Å². The highest BCUT2D eigenvalue weighted by Crippen LogP contribution is 2.24. The molecule has 0 aromatic heterocycles. The summed E-state index contributed by atoms with van der Waals surface area (Å²) in [5.41, 5.74) is 2.58. The van der Waals surface area contributed by atoms with Crippen LogP contribution in [0.2, 0.25) is 0 Å². The number of unbranched alkanes of at least 4 members (excludes halogenated alkanes) is 1. The van der Waals surface area contributed by atoms with Crippen LogP contribution in [0.15, 0.2) is 29.8 Å². The van der Waals surface area contributed by atoms with E-state index in [-0.39, 0.29) is 17.7 Å². The van der Waals surface area contributed by atoms with Crippen LogP contribution in [0.5, 0.6) is 0 Å². The van der Waals surface area contributed by atoms with Gasteiger partial charge in [0.05, 0.1) is 11.1 Å². The summed E-state index contributed by atoms with van der Waals surface area (Å²) in [6.07, 6.45) is 9.60. The third-order valence-corrected chi connectivity index (χ3v) is 5.08. The van der Waals surface area contributed by atoms with Gasteiger partial charge in [-0.25, -0.2) is 0 Å². The van der Waals surface area contributed by atoms with Crippen LogP contribution < -0.4 is 5.32 Å². The molecule has 1 aromatic carbocycles. The van der Waals surface area contributed by atoms with Crippen LogP contribution in [0, 0.1) is 0 Å². The number of imide groups is 1. The lowest BCUT2D eigenvalue weighted by Crippen LogP contribution is -2.30. The second kappa shape index (κ2) is 8.30. The Balaban J connectivity index is 1.63. The minimum absolute atomic E-state index is 0.198. The Morgan fingerprint density at radius 3 is 2.69 bits per heavy atom. The van der Waals surface area contributed by atoms with Crippen LogP contribution in [0.3, 0.4) is 0 Å². The number of hydrogen-bond acceptors (Lipinski definition) is 3. The molecule has 26 heavy (non-hydrogen) atoms. The lowest BCUT2D eigenvalue weighted by atomic mass is 9.97. The minimum atomic E-state index is -0.291. The third kappa shape index (κ3) is 3.87. The zero-order valence-corrected chi connectivity index (χ0v) is 15.3. The molecule has 0 saturated carbocycles. The van der Waals surface area contributed by atoms with E-state index in [2.05, 4.69) is 11.4 Å². The van der Waals surface area contributed by atoms with Crippen molar-refractivity contribution in [2.24, 2.45) is 0 Å². The summed E-state index contributed by atoms with van der Waals surface area (Å²) in [7, 11) is 0. The van der Waals surface area contributed by atoms with Crippen LogP contribution >= 0.6 is 0 Å². The van der Waals surface area contributed by atoms with E-state index in [0.29, 0.717) is 29.8 Å². The molecule has 5 heteroatoms. The first kappa shape index (κ1) is 18.4. The Bertz CT molecular complexity index is 752. The van der Waals surface area contributed by atoms with Gasteiger partial charge in [0.25, 0.3) is 17.7 Å². The van der Waals surface area contributed by atoms with E-state index >= 15 is 0 Å². The van der Waals surface area contributed by atoms with Crippen LogP contribution in [0.1, 0.15) is 82.9 Å². The number of amides is 3. The Labute approximate surface area is 154 Å². The molecular weight excluding hydrogens is 328 g/mol. The van der Waals surface area contributed by atoms with Crippen LogP contribution in [-0.2, 0) is 0 Å². The lowest BCUT2D eigenvalue weighted by Gasteiger charge is -2.13. The van der Waals surface area contributed by atoms with Gasteiger partial charge in [-0.1, -0.05) is 25.0 Å². The number of fused-ring (bicyclic) bond motifs is 1. The van der Waals surface area contributed by atoms with Crippen LogP contribution in [0.4, 0.5) is 0 Å². The highest BCUT2D eigenvalue weighted by molar-refractivity contribution is 6.22. The number of nitrogens with zero attached hydrogens (tertiary/aromatic N) is 1. The molecule has 138 valence electrons. The largest absolute Gasteiger partial charge is 0.352 e. The molecule has 5 nitrogen and oxygen atoms in total. The maximum absolute atomic E-state index is 12.5. The summed E-state index contributed by atoms with van der Waals surface area (Å²) >= 11 is 0. The highest BCUT2D eigenvalue weighted by Gasteiger charge is 2.35. The van der Waals surface area contributed by atoms with Crippen molar-refractivity contribution in [3.63, 3.8) is 0 Å². The summed E-state index contributed by atoms with van der Waals surface area (Å²) in [5, 5.41) is 2.92. The second-order valence-corrected chi connectivity index (χ2v) is 6.99. The highest BCUT2D eigenvalue weighted by atomic mass is 16.2. The van der Waals surface area contributed by atoms with E-state index in [1.54, 1.807) is 18.2 Å². The van der Waals surface area contributed by atoms with E-state index in [1.807, 2.05) is 6.92 Å². The molecule has 0 spiro atoms. The molecule has 1 N–H and O–H groups in total. The van der Waals surface area contributed by atoms with Crippen molar-refractivity contribution < 1.29 is 14.4 Å². The second-order valence-electron chi connectivity index (χ2n) is 6.99. The average molecular weight is 354 g/mol. The zero-order chi connectivity index (χ0) is 18.5. The number of carbonyl (C=O) groups is 3. The first-order valence-corrected chi connectivity index (χ1v) is 9.58. The molecule has 1 aliphatic carbocycles. The van der Waals surface area contributed by atoms with E-state index in [4.69, 9.17) is 0 Å². The van der Waals surface area contributed by atoms with Crippen molar-refractivity contribution in [2.45, 2.75) is 51.9 Å². The van der Waals surface area contributed by atoms with Gasteiger partial charge in [0.15, 0.2) is 0 Å². The van der Waals surface area contributed by atoms with E-state index < -0.39 is 0 Å². The van der Waals surface area contributed by atoms with Crippen molar-refractivity contribution in [1.29, 1.82) is 0 Å². The number of nitrogens with one attached hydrogen (secondary N) is 1. The number of hydrogen-bond donors (Lipinski definition) is 1. The van der Waals surface area contributed by atoms with Crippen molar-refractivity contribution in [3.05, 3.63) is 46.5 Å². The maximum Gasteiger partial charge on any atom is 0.261 e. The van der Waals surface area contributed by atoms with Crippen molar-refractivity contribution >= 4 is 17.7 Å². The van der Waals surface area contributed by atoms with Crippen LogP contribution in [0.25, 0.3) is 0 Å². The first-order chi connectivity index (χ1) is 12.6. The average Bonchev–Trinajstić information content (AvgIpc) is 2.91. The molecule has 0 bridgehead atoms. The molecule has 0 unspecified atom stereocenters. The molecule has 0 saturated heterocycles. The van der Waals surface area contributed by atoms with Crippen molar-refractivity contribution in [1.82, 2.24) is 10.2 Å². The molecule has 1 aromatic rings. The predicted octanol–water partition coefficient (Wildman–Crippen LogP) is 3.70. The third-order valence-electron chi connectivity index (χ3n) is 5.08. The fourth-order valence-electron chi connectivity index (χ4n) is 3.52. The molecular formula is C21H26N2O3. The van der Waals surface area contributed by atoms with Crippen molar-refractivity contribution in [2.75, 3.05) is 13.1 Å². The Kier molecular flexibility index (Phi) is 5.86. The monoisotopic (exact) mass is 354 g/mol.